The van der Waals surface area contributed by atoms with Crippen LogP contribution in [-0.2, 0) is 32.4 Å². The van der Waals surface area contributed by atoms with Crippen molar-refractivity contribution in [1.29, 1.82) is 0 Å². The molecular formula is C21H22FNO5S. The standard InChI is InChI=1S/C21H22FNO5S/c1-2-29(26,27)23-12-11-16-13-17(7-9-19(16)23)20(24)14-28-21(25)10-8-15-5-3-4-6-18(15)22/h3-7,9,13H,2,8,10-12,14H2,1H3. The van der Waals surface area contributed by atoms with Crippen molar-refractivity contribution in [3.05, 3.63) is 65.0 Å². The van der Waals surface area contributed by atoms with Crippen LogP contribution in [0.2, 0.25) is 0 Å². The Kier molecular flexibility index (Phi) is 6.32. The fourth-order valence-corrected chi connectivity index (χ4v) is 4.39. The van der Waals surface area contributed by atoms with Gasteiger partial charge in [0.1, 0.15) is 5.82 Å². The minimum atomic E-state index is -3.35. The quantitative estimate of drug-likeness (QED) is 0.486. The Morgan fingerprint density at radius 1 is 1.17 bits per heavy atom. The number of rotatable bonds is 8. The predicted octanol–water partition coefficient (Wildman–Crippen LogP) is 2.90. The topological polar surface area (TPSA) is 80.8 Å². The van der Waals surface area contributed by atoms with Gasteiger partial charge in [0.25, 0.3) is 0 Å². The predicted molar refractivity (Wildman–Crippen MR) is 107 cm³/mol. The zero-order chi connectivity index (χ0) is 21.0. The SMILES string of the molecule is CCS(=O)(=O)N1CCc2cc(C(=O)COC(=O)CCc3ccccc3F)ccc21. The number of ketones is 1. The molecule has 3 rings (SSSR count). The molecule has 1 aliphatic heterocycles. The number of esters is 1. The molecule has 6 nitrogen and oxygen atoms in total. The van der Waals surface area contributed by atoms with Gasteiger partial charge >= 0.3 is 5.97 Å². The number of Topliss-reactive ketones (excluding diaryl/α,β-unsaturated/α-hetero) is 1. The number of sulfonamides is 1. The number of nitrogens with zero attached hydrogens (tertiary/aromatic N) is 1. The molecule has 1 aliphatic rings. The van der Waals surface area contributed by atoms with Crippen molar-refractivity contribution in [1.82, 2.24) is 0 Å². The molecule has 0 aromatic heterocycles. The Bertz CT molecular complexity index is 1040. The van der Waals surface area contributed by atoms with E-state index in [9.17, 15) is 22.4 Å². The largest absolute Gasteiger partial charge is 0.457 e. The van der Waals surface area contributed by atoms with Crippen LogP contribution in [-0.4, -0.2) is 39.1 Å². The smallest absolute Gasteiger partial charge is 0.306 e. The normalized spacial score (nSPS) is 13.2. The van der Waals surface area contributed by atoms with Crippen LogP contribution in [0, 0.1) is 5.82 Å². The lowest BCUT2D eigenvalue weighted by Gasteiger charge is -2.18. The van der Waals surface area contributed by atoms with Gasteiger partial charge in [-0.2, -0.15) is 0 Å². The lowest BCUT2D eigenvalue weighted by atomic mass is 10.1. The van der Waals surface area contributed by atoms with Crippen molar-refractivity contribution >= 4 is 27.5 Å². The summed E-state index contributed by atoms with van der Waals surface area (Å²) < 4.78 is 44.2. The third kappa shape index (κ3) is 4.82. The van der Waals surface area contributed by atoms with Crippen LogP contribution >= 0.6 is 0 Å². The number of hydrogen-bond acceptors (Lipinski definition) is 5. The maximum Gasteiger partial charge on any atom is 0.306 e. The van der Waals surface area contributed by atoms with E-state index in [1.807, 2.05) is 0 Å². The van der Waals surface area contributed by atoms with E-state index in [1.54, 1.807) is 37.3 Å². The second-order valence-electron chi connectivity index (χ2n) is 6.74. The molecule has 0 bridgehead atoms. The molecule has 0 amide bonds. The van der Waals surface area contributed by atoms with E-state index in [0.29, 0.717) is 29.8 Å². The highest BCUT2D eigenvalue weighted by Crippen LogP contribution is 2.31. The molecule has 0 aliphatic carbocycles. The zero-order valence-corrected chi connectivity index (χ0v) is 16.9. The minimum Gasteiger partial charge on any atom is -0.457 e. The average Bonchev–Trinajstić information content (AvgIpc) is 3.15. The van der Waals surface area contributed by atoms with E-state index in [-0.39, 0.29) is 30.2 Å². The van der Waals surface area contributed by atoms with Gasteiger partial charge in [0.15, 0.2) is 12.4 Å². The first kappa shape index (κ1) is 21.0. The second kappa shape index (κ2) is 8.73. The molecule has 0 spiro atoms. The highest BCUT2D eigenvalue weighted by molar-refractivity contribution is 7.92. The van der Waals surface area contributed by atoms with Gasteiger partial charge in [-0.15, -0.1) is 0 Å². The third-order valence-electron chi connectivity index (χ3n) is 4.88. The minimum absolute atomic E-state index is 0.00988. The Morgan fingerprint density at radius 3 is 2.66 bits per heavy atom. The maximum absolute atomic E-state index is 13.6. The van der Waals surface area contributed by atoms with Crippen LogP contribution < -0.4 is 4.31 Å². The molecule has 29 heavy (non-hydrogen) atoms. The fourth-order valence-electron chi connectivity index (χ4n) is 3.23. The number of benzene rings is 2. The number of fused-ring (bicyclic) bond motifs is 1. The molecule has 8 heteroatoms. The van der Waals surface area contributed by atoms with Gasteiger partial charge in [-0.3, -0.25) is 13.9 Å². The van der Waals surface area contributed by atoms with Crippen LogP contribution in [0.5, 0.6) is 0 Å². The molecule has 0 saturated heterocycles. The van der Waals surface area contributed by atoms with Crippen LogP contribution in [0.25, 0.3) is 0 Å². The van der Waals surface area contributed by atoms with E-state index in [0.717, 1.165) is 5.56 Å². The molecule has 1 heterocycles. The lowest BCUT2D eigenvalue weighted by molar-refractivity contribution is -0.142. The molecular weight excluding hydrogens is 397 g/mol. The molecule has 0 N–H and O–H groups in total. The Hall–Kier alpha value is -2.74. The number of hydrogen-bond donors (Lipinski definition) is 0. The van der Waals surface area contributed by atoms with Crippen molar-refractivity contribution in [2.24, 2.45) is 0 Å². The number of ether oxygens (including phenoxy) is 1. The van der Waals surface area contributed by atoms with Gasteiger partial charge in [0, 0.05) is 18.5 Å². The van der Waals surface area contributed by atoms with Crippen molar-refractivity contribution in [2.45, 2.75) is 26.2 Å². The van der Waals surface area contributed by atoms with E-state index >= 15 is 0 Å². The molecule has 0 atom stereocenters. The number of carbonyl (C=O) groups is 2. The molecule has 2 aromatic rings. The first-order valence-electron chi connectivity index (χ1n) is 9.37. The van der Waals surface area contributed by atoms with E-state index in [1.165, 1.54) is 16.4 Å². The summed E-state index contributed by atoms with van der Waals surface area (Å²) >= 11 is 0. The number of halogens is 1. The first-order chi connectivity index (χ1) is 13.8. The van der Waals surface area contributed by atoms with Crippen LogP contribution in [0.4, 0.5) is 10.1 Å². The van der Waals surface area contributed by atoms with Crippen molar-refractivity contribution in [3.63, 3.8) is 0 Å². The fraction of sp³-hybridized carbons (Fsp3) is 0.333. The summed E-state index contributed by atoms with van der Waals surface area (Å²) in [5, 5.41) is 0. The van der Waals surface area contributed by atoms with Gasteiger partial charge in [-0.1, -0.05) is 18.2 Å². The summed E-state index contributed by atoms with van der Waals surface area (Å²) in [6.45, 7) is 1.53. The maximum atomic E-state index is 13.6. The second-order valence-corrected chi connectivity index (χ2v) is 8.92. The summed E-state index contributed by atoms with van der Waals surface area (Å²) in [5.41, 5.74) is 2.14. The molecule has 0 unspecified atom stereocenters. The van der Waals surface area contributed by atoms with Gasteiger partial charge in [-0.05, 0) is 55.2 Å². The van der Waals surface area contributed by atoms with Crippen molar-refractivity contribution in [2.75, 3.05) is 23.2 Å². The summed E-state index contributed by atoms with van der Waals surface area (Å²) in [5.74, 6) is -1.32. The highest BCUT2D eigenvalue weighted by atomic mass is 32.2. The van der Waals surface area contributed by atoms with Gasteiger partial charge in [-0.25, -0.2) is 12.8 Å². The molecule has 0 radical (unpaired) electrons. The van der Waals surface area contributed by atoms with Crippen LogP contribution in [0.15, 0.2) is 42.5 Å². The van der Waals surface area contributed by atoms with Gasteiger partial charge in [0.05, 0.1) is 11.4 Å². The third-order valence-corrected chi connectivity index (χ3v) is 6.66. The first-order valence-corrected chi connectivity index (χ1v) is 11.0. The number of aryl methyl sites for hydroxylation is 1. The Balaban J connectivity index is 1.56. The lowest BCUT2D eigenvalue weighted by Crippen LogP contribution is -2.30. The molecule has 2 aromatic carbocycles. The van der Waals surface area contributed by atoms with Crippen molar-refractivity contribution in [3.8, 4) is 0 Å². The summed E-state index contributed by atoms with van der Waals surface area (Å²) in [4.78, 5) is 24.2. The Morgan fingerprint density at radius 2 is 1.93 bits per heavy atom. The van der Waals surface area contributed by atoms with Gasteiger partial charge in [0.2, 0.25) is 10.0 Å². The number of anilines is 1. The van der Waals surface area contributed by atoms with Crippen molar-refractivity contribution < 1.29 is 27.1 Å². The molecule has 0 fully saturated rings. The summed E-state index contributed by atoms with van der Waals surface area (Å²) in [6.07, 6.45) is 0.695. The zero-order valence-electron chi connectivity index (χ0n) is 16.1. The average molecular weight is 419 g/mol. The van der Waals surface area contributed by atoms with E-state index in [2.05, 4.69) is 0 Å². The highest BCUT2D eigenvalue weighted by Gasteiger charge is 2.28. The monoisotopic (exact) mass is 419 g/mol. The summed E-state index contributed by atoms with van der Waals surface area (Å²) in [7, 11) is -3.35. The van der Waals surface area contributed by atoms with E-state index < -0.39 is 22.6 Å². The molecule has 154 valence electrons. The van der Waals surface area contributed by atoms with E-state index in [4.69, 9.17) is 4.74 Å². The molecule has 0 saturated carbocycles. The van der Waals surface area contributed by atoms with Gasteiger partial charge < -0.3 is 4.74 Å². The van der Waals surface area contributed by atoms with Crippen LogP contribution in [0.1, 0.15) is 34.8 Å². The number of carbonyl (C=O) groups excluding carboxylic acids is 2. The summed E-state index contributed by atoms with van der Waals surface area (Å²) in [6, 6.07) is 11.0. The van der Waals surface area contributed by atoms with Crippen LogP contribution in [0.3, 0.4) is 0 Å². The Labute approximate surface area is 169 Å².